The maximum atomic E-state index is 12.3. The molecule has 0 aromatic heterocycles. The molecule has 0 aromatic rings. The summed E-state index contributed by atoms with van der Waals surface area (Å²) in [6.07, 6.45) is 17.8. The molecule has 0 spiro atoms. The lowest BCUT2D eigenvalue weighted by Gasteiger charge is -2.34. The van der Waals surface area contributed by atoms with Gasteiger partial charge in [-0.05, 0) is 114 Å². The number of carbonyl (C=O) groups excluding carboxylic acids is 1. The van der Waals surface area contributed by atoms with Crippen molar-refractivity contribution in [1.29, 1.82) is 0 Å². The standard InChI is InChI=1S/C36H58O10S/c1-25(2)12-10-13-26(3)14-11-15-30(44-34-16-6-8-18-42-34)36-29-21-28(32(46-47(5,38)39)23-41-24-33(37)40-4)20-27(29)22-31(36)45-35-17-7-9-19-43-35/h12,15,20,26-27,29,31-32,34-36H,6-11,13-14,16-19,21-24H2,1-5H3/t26-,27?,29?,31+,32?,34?,35?,36-/m1/s1. The van der Waals surface area contributed by atoms with Crippen molar-refractivity contribution in [1.82, 2.24) is 0 Å². The number of methoxy groups -OCH3 is 1. The van der Waals surface area contributed by atoms with Gasteiger partial charge in [0.05, 0.1) is 32.7 Å². The molecule has 2 heterocycles. The second-order valence-electron chi connectivity index (χ2n) is 13.9. The summed E-state index contributed by atoms with van der Waals surface area (Å²) in [6, 6.07) is 0. The van der Waals surface area contributed by atoms with E-state index in [0.29, 0.717) is 25.6 Å². The van der Waals surface area contributed by atoms with Crippen molar-refractivity contribution >= 4 is 16.1 Å². The predicted molar refractivity (Wildman–Crippen MR) is 179 cm³/mol. The Morgan fingerprint density at radius 3 is 2.32 bits per heavy atom. The molecule has 0 amide bonds. The normalized spacial score (nSPS) is 29.5. The van der Waals surface area contributed by atoms with E-state index in [1.165, 1.54) is 12.7 Å². The first-order chi connectivity index (χ1) is 22.5. The summed E-state index contributed by atoms with van der Waals surface area (Å²) in [4.78, 5) is 11.7. The van der Waals surface area contributed by atoms with Crippen molar-refractivity contribution in [2.45, 2.75) is 123 Å². The van der Waals surface area contributed by atoms with Gasteiger partial charge >= 0.3 is 5.97 Å². The number of rotatable bonds is 18. The molecule has 2 aliphatic carbocycles. The van der Waals surface area contributed by atoms with Crippen LogP contribution < -0.4 is 0 Å². The molecule has 47 heavy (non-hydrogen) atoms. The highest BCUT2D eigenvalue weighted by atomic mass is 32.2. The Hall–Kier alpha value is -1.76. The van der Waals surface area contributed by atoms with Gasteiger partial charge in [-0.15, -0.1) is 0 Å². The minimum atomic E-state index is -3.79. The van der Waals surface area contributed by atoms with Gasteiger partial charge in [-0.25, -0.2) is 4.79 Å². The SMILES string of the molecule is COC(=O)COCC(OS(C)(=O)=O)C1=CC2C[C@H](OC3CCCCO3)[C@@H](C(=CCC[C@H](C)CCC=C(C)C)OC3CCCCO3)C2C1. The monoisotopic (exact) mass is 682 g/mol. The second-order valence-corrected chi connectivity index (χ2v) is 15.5. The zero-order chi connectivity index (χ0) is 33.8. The number of ether oxygens (including phenoxy) is 6. The van der Waals surface area contributed by atoms with Gasteiger partial charge in [-0.2, -0.15) is 8.42 Å². The largest absolute Gasteiger partial charge is 0.469 e. The molecule has 5 unspecified atom stereocenters. The van der Waals surface area contributed by atoms with Crippen LogP contribution in [0.25, 0.3) is 0 Å². The first-order valence-corrected chi connectivity index (χ1v) is 19.5. The second kappa shape index (κ2) is 18.9. The Kier molecular flexibility index (Phi) is 15.3. The van der Waals surface area contributed by atoms with Crippen molar-refractivity contribution in [2.24, 2.45) is 23.7 Å². The molecule has 2 aliphatic heterocycles. The summed E-state index contributed by atoms with van der Waals surface area (Å²) in [7, 11) is -2.50. The van der Waals surface area contributed by atoms with Crippen LogP contribution >= 0.6 is 0 Å². The molecule has 4 aliphatic rings. The van der Waals surface area contributed by atoms with Gasteiger partial charge in [-0.1, -0.05) is 24.6 Å². The molecule has 2 saturated heterocycles. The third-order valence-corrected chi connectivity index (χ3v) is 10.2. The van der Waals surface area contributed by atoms with E-state index < -0.39 is 22.2 Å². The van der Waals surface area contributed by atoms with E-state index in [1.54, 1.807) is 0 Å². The summed E-state index contributed by atoms with van der Waals surface area (Å²) in [5.41, 5.74) is 2.21. The lowest BCUT2D eigenvalue weighted by atomic mass is 9.86. The van der Waals surface area contributed by atoms with Crippen LogP contribution in [-0.4, -0.2) is 79.0 Å². The van der Waals surface area contributed by atoms with Gasteiger partial charge in [0.2, 0.25) is 0 Å². The van der Waals surface area contributed by atoms with Crippen LogP contribution in [0.4, 0.5) is 0 Å². The minimum Gasteiger partial charge on any atom is -0.469 e. The van der Waals surface area contributed by atoms with E-state index in [4.69, 9.17) is 27.9 Å². The van der Waals surface area contributed by atoms with Crippen LogP contribution in [0.3, 0.4) is 0 Å². The smallest absolute Gasteiger partial charge is 0.331 e. The molecule has 1 saturated carbocycles. The fourth-order valence-corrected chi connectivity index (χ4v) is 7.85. The maximum Gasteiger partial charge on any atom is 0.331 e. The molecule has 0 N–H and O–H groups in total. The minimum absolute atomic E-state index is 0.0549. The topological polar surface area (TPSA) is 116 Å². The summed E-state index contributed by atoms with van der Waals surface area (Å²) in [5.74, 6) is 1.16. The van der Waals surface area contributed by atoms with Crippen LogP contribution in [0.5, 0.6) is 0 Å². The summed E-state index contributed by atoms with van der Waals surface area (Å²) in [6.45, 7) is 7.63. The first kappa shape index (κ1) is 38.0. The van der Waals surface area contributed by atoms with E-state index in [1.807, 2.05) is 0 Å². The van der Waals surface area contributed by atoms with Crippen LogP contribution in [0.15, 0.2) is 35.1 Å². The molecular weight excluding hydrogens is 624 g/mol. The Morgan fingerprint density at radius 1 is 1.02 bits per heavy atom. The van der Waals surface area contributed by atoms with Crippen LogP contribution in [0.1, 0.15) is 97.8 Å². The third kappa shape index (κ3) is 12.6. The molecule has 0 aromatic carbocycles. The molecule has 11 heteroatoms. The zero-order valence-corrected chi connectivity index (χ0v) is 30.0. The van der Waals surface area contributed by atoms with Crippen molar-refractivity contribution in [2.75, 3.05) is 39.8 Å². The van der Waals surface area contributed by atoms with Crippen LogP contribution in [0, 0.1) is 23.7 Å². The van der Waals surface area contributed by atoms with E-state index in [9.17, 15) is 13.2 Å². The lowest BCUT2D eigenvalue weighted by Crippen LogP contribution is -2.35. The molecule has 4 rings (SSSR count). The molecule has 3 fully saturated rings. The Bertz CT molecular complexity index is 1180. The quantitative estimate of drug-likeness (QED) is 0.0677. The van der Waals surface area contributed by atoms with Gasteiger partial charge in [0.25, 0.3) is 10.1 Å². The number of carbonyl (C=O) groups is 1. The number of esters is 1. The summed E-state index contributed by atoms with van der Waals surface area (Å²) in [5, 5.41) is 0. The highest BCUT2D eigenvalue weighted by molar-refractivity contribution is 7.86. The predicted octanol–water partition coefficient (Wildman–Crippen LogP) is 6.60. The zero-order valence-electron chi connectivity index (χ0n) is 29.2. The Labute approximate surface area is 282 Å². The fraction of sp³-hybridized carbons (Fsp3) is 0.806. The van der Waals surface area contributed by atoms with E-state index in [2.05, 4.69) is 43.7 Å². The number of hydrogen-bond donors (Lipinski definition) is 0. The number of fused-ring (bicyclic) bond motifs is 1. The van der Waals surface area contributed by atoms with E-state index >= 15 is 0 Å². The van der Waals surface area contributed by atoms with Crippen molar-refractivity contribution in [3.63, 3.8) is 0 Å². The van der Waals surface area contributed by atoms with Gasteiger partial charge in [0.1, 0.15) is 18.5 Å². The molecule has 8 atom stereocenters. The molecule has 268 valence electrons. The third-order valence-electron chi connectivity index (χ3n) is 9.65. The van der Waals surface area contributed by atoms with Gasteiger partial charge in [-0.3, -0.25) is 4.18 Å². The van der Waals surface area contributed by atoms with Gasteiger partial charge in [0.15, 0.2) is 12.6 Å². The average molecular weight is 683 g/mol. The lowest BCUT2D eigenvalue weighted by molar-refractivity contribution is -0.201. The number of allylic oxidation sites excluding steroid dienone is 4. The van der Waals surface area contributed by atoms with E-state index in [0.717, 1.165) is 88.2 Å². The van der Waals surface area contributed by atoms with Crippen LogP contribution in [-0.2, 0) is 47.5 Å². The van der Waals surface area contributed by atoms with Crippen LogP contribution in [0.2, 0.25) is 0 Å². The van der Waals surface area contributed by atoms with Crippen molar-refractivity contribution < 1.29 is 45.8 Å². The Balaban J connectivity index is 1.56. The molecule has 0 bridgehead atoms. The molecule has 0 radical (unpaired) electrons. The van der Waals surface area contributed by atoms with Crippen molar-refractivity contribution in [3.05, 3.63) is 35.1 Å². The highest BCUT2D eigenvalue weighted by Gasteiger charge is 2.50. The van der Waals surface area contributed by atoms with Gasteiger partial charge in [0, 0.05) is 18.9 Å². The van der Waals surface area contributed by atoms with E-state index in [-0.39, 0.29) is 49.7 Å². The number of hydrogen-bond acceptors (Lipinski definition) is 10. The van der Waals surface area contributed by atoms with Gasteiger partial charge < -0.3 is 28.4 Å². The highest BCUT2D eigenvalue weighted by Crippen LogP contribution is 2.52. The average Bonchev–Trinajstić information content (AvgIpc) is 3.58. The molecular formula is C36H58O10S. The molecule has 10 nitrogen and oxygen atoms in total. The summed E-state index contributed by atoms with van der Waals surface area (Å²) >= 11 is 0. The first-order valence-electron chi connectivity index (χ1n) is 17.6. The summed E-state index contributed by atoms with van der Waals surface area (Å²) < 4.78 is 65.8. The fourth-order valence-electron chi connectivity index (χ4n) is 7.25. The maximum absolute atomic E-state index is 12.3. The van der Waals surface area contributed by atoms with Crippen molar-refractivity contribution in [3.8, 4) is 0 Å². The Morgan fingerprint density at radius 2 is 1.70 bits per heavy atom.